The predicted octanol–water partition coefficient (Wildman–Crippen LogP) is 0.527. The van der Waals surface area contributed by atoms with E-state index in [1.165, 1.54) is 0 Å². The number of hydrogen-bond donors (Lipinski definition) is 4. The summed E-state index contributed by atoms with van der Waals surface area (Å²) in [5, 5.41) is 30.3. The molecule has 0 fully saturated rings. The van der Waals surface area contributed by atoms with Crippen molar-refractivity contribution in [2.75, 3.05) is 19.8 Å². The van der Waals surface area contributed by atoms with E-state index in [1.54, 1.807) is 0 Å². The number of hydrogen-bond acceptors (Lipinski definition) is 4. The van der Waals surface area contributed by atoms with Gasteiger partial charge in [-0.25, -0.2) is 0 Å². The number of nitrogens with one attached hydrogen (secondary N) is 1. The standard InChI is InChI=1S/C14H29NO4/c1-10(2)11(6-13(3,4)5)12(19)15-14(7-16,8-17)9-18/h10-11,16-18H,6-9H2,1-5H3,(H,15,19). The highest BCUT2D eigenvalue weighted by Gasteiger charge is 2.35. The molecule has 0 heterocycles. The van der Waals surface area contributed by atoms with Crippen LogP contribution in [0.2, 0.25) is 0 Å². The molecule has 1 amide bonds. The summed E-state index contributed by atoms with van der Waals surface area (Å²) in [5.41, 5.74) is -1.34. The summed E-state index contributed by atoms with van der Waals surface area (Å²) < 4.78 is 0. The lowest BCUT2D eigenvalue weighted by Crippen LogP contribution is -2.58. The molecule has 0 aromatic rings. The maximum absolute atomic E-state index is 12.3. The van der Waals surface area contributed by atoms with Crippen molar-refractivity contribution in [3.63, 3.8) is 0 Å². The highest BCUT2D eigenvalue weighted by Crippen LogP contribution is 2.29. The van der Waals surface area contributed by atoms with Crippen LogP contribution in [-0.4, -0.2) is 46.6 Å². The van der Waals surface area contributed by atoms with Gasteiger partial charge in [-0.2, -0.15) is 0 Å². The fourth-order valence-corrected chi connectivity index (χ4v) is 1.91. The molecule has 0 bridgehead atoms. The van der Waals surface area contributed by atoms with Gasteiger partial charge in [-0.05, 0) is 17.8 Å². The molecule has 0 spiro atoms. The van der Waals surface area contributed by atoms with E-state index in [0.29, 0.717) is 6.42 Å². The molecule has 4 N–H and O–H groups in total. The molecule has 0 saturated carbocycles. The minimum absolute atomic E-state index is 0.00653. The van der Waals surface area contributed by atoms with Gasteiger partial charge in [0.1, 0.15) is 5.54 Å². The van der Waals surface area contributed by atoms with Crippen LogP contribution < -0.4 is 5.32 Å². The van der Waals surface area contributed by atoms with Crippen molar-refractivity contribution in [3.05, 3.63) is 0 Å². The molecule has 19 heavy (non-hydrogen) atoms. The minimum Gasteiger partial charge on any atom is -0.394 e. The van der Waals surface area contributed by atoms with Gasteiger partial charge in [0.15, 0.2) is 0 Å². The zero-order valence-electron chi connectivity index (χ0n) is 12.7. The maximum Gasteiger partial charge on any atom is 0.224 e. The van der Waals surface area contributed by atoms with E-state index in [2.05, 4.69) is 26.1 Å². The Bertz CT molecular complexity index is 271. The number of carbonyl (C=O) groups excluding carboxylic acids is 1. The van der Waals surface area contributed by atoms with Crippen molar-refractivity contribution in [3.8, 4) is 0 Å². The van der Waals surface area contributed by atoms with E-state index in [1.807, 2.05) is 13.8 Å². The second-order valence-corrected chi connectivity index (χ2v) is 6.86. The van der Waals surface area contributed by atoms with Gasteiger partial charge >= 0.3 is 0 Å². The van der Waals surface area contributed by atoms with Gasteiger partial charge in [-0.15, -0.1) is 0 Å². The molecule has 5 nitrogen and oxygen atoms in total. The van der Waals surface area contributed by atoms with Crippen LogP contribution in [0.5, 0.6) is 0 Å². The summed E-state index contributed by atoms with van der Waals surface area (Å²) in [6, 6.07) is 0. The van der Waals surface area contributed by atoms with Gasteiger partial charge in [-0.3, -0.25) is 4.79 Å². The number of aliphatic hydroxyl groups is 3. The van der Waals surface area contributed by atoms with Crippen LogP contribution in [0.15, 0.2) is 0 Å². The largest absolute Gasteiger partial charge is 0.394 e. The first-order valence-corrected chi connectivity index (χ1v) is 6.75. The highest BCUT2D eigenvalue weighted by molar-refractivity contribution is 5.79. The lowest BCUT2D eigenvalue weighted by molar-refractivity contribution is -0.131. The molecule has 0 radical (unpaired) electrons. The second-order valence-electron chi connectivity index (χ2n) is 6.86. The molecule has 0 aliphatic heterocycles. The van der Waals surface area contributed by atoms with E-state index in [4.69, 9.17) is 0 Å². The van der Waals surface area contributed by atoms with Gasteiger partial charge in [0.2, 0.25) is 5.91 Å². The molecule has 1 unspecified atom stereocenters. The zero-order chi connectivity index (χ0) is 15.3. The summed E-state index contributed by atoms with van der Waals surface area (Å²) in [6.07, 6.45) is 0.703. The second kappa shape index (κ2) is 7.22. The predicted molar refractivity (Wildman–Crippen MR) is 74.5 cm³/mol. The average Bonchev–Trinajstić information content (AvgIpc) is 2.31. The quantitative estimate of drug-likeness (QED) is 0.545. The fourth-order valence-electron chi connectivity index (χ4n) is 1.91. The van der Waals surface area contributed by atoms with E-state index in [9.17, 15) is 20.1 Å². The van der Waals surface area contributed by atoms with Crippen LogP contribution in [0, 0.1) is 17.3 Å². The smallest absolute Gasteiger partial charge is 0.224 e. The fraction of sp³-hybridized carbons (Fsp3) is 0.929. The van der Waals surface area contributed by atoms with Crippen LogP contribution in [-0.2, 0) is 4.79 Å². The van der Waals surface area contributed by atoms with Crippen molar-refractivity contribution in [1.82, 2.24) is 5.32 Å². The Balaban J connectivity index is 4.92. The summed E-state index contributed by atoms with van der Waals surface area (Å²) in [7, 11) is 0. The zero-order valence-corrected chi connectivity index (χ0v) is 12.7. The van der Waals surface area contributed by atoms with Crippen LogP contribution >= 0.6 is 0 Å². The normalized spacial score (nSPS) is 14.6. The first-order valence-electron chi connectivity index (χ1n) is 6.75. The lowest BCUT2D eigenvalue weighted by atomic mass is 9.79. The first-order chi connectivity index (χ1) is 8.60. The van der Waals surface area contributed by atoms with Crippen molar-refractivity contribution >= 4 is 5.91 Å². The van der Waals surface area contributed by atoms with Gasteiger partial charge in [0.25, 0.3) is 0 Å². The Morgan fingerprint density at radius 3 is 1.74 bits per heavy atom. The van der Waals surface area contributed by atoms with Crippen LogP contribution in [0.3, 0.4) is 0 Å². The minimum atomic E-state index is -1.35. The molecule has 0 aromatic carbocycles. The lowest BCUT2D eigenvalue weighted by Gasteiger charge is -2.34. The Morgan fingerprint density at radius 1 is 1.05 bits per heavy atom. The van der Waals surface area contributed by atoms with E-state index >= 15 is 0 Å². The van der Waals surface area contributed by atoms with Gasteiger partial charge < -0.3 is 20.6 Å². The molecule has 0 rings (SSSR count). The third-order valence-electron chi connectivity index (χ3n) is 3.27. The third kappa shape index (κ3) is 5.89. The first kappa shape index (κ1) is 18.4. The maximum atomic E-state index is 12.3. The number of carbonyl (C=O) groups is 1. The monoisotopic (exact) mass is 275 g/mol. The average molecular weight is 275 g/mol. The topological polar surface area (TPSA) is 89.8 Å². The SMILES string of the molecule is CC(C)C(CC(C)(C)C)C(=O)NC(CO)(CO)CO. The summed E-state index contributed by atoms with van der Waals surface area (Å²) in [5.74, 6) is -0.306. The molecular weight excluding hydrogens is 246 g/mol. The number of aliphatic hydroxyl groups excluding tert-OH is 3. The van der Waals surface area contributed by atoms with Gasteiger partial charge in [0.05, 0.1) is 19.8 Å². The number of amides is 1. The molecule has 5 heteroatoms. The van der Waals surface area contributed by atoms with Gasteiger partial charge in [0, 0.05) is 5.92 Å². The summed E-state index contributed by atoms with van der Waals surface area (Å²) in [4.78, 5) is 12.3. The summed E-state index contributed by atoms with van der Waals surface area (Å²) >= 11 is 0. The molecule has 114 valence electrons. The molecule has 0 aliphatic rings. The molecular formula is C14H29NO4. The Morgan fingerprint density at radius 2 is 1.47 bits per heavy atom. The van der Waals surface area contributed by atoms with Crippen molar-refractivity contribution in [2.45, 2.75) is 46.6 Å². The van der Waals surface area contributed by atoms with Crippen LogP contribution in [0.25, 0.3) is 0 Å². The highest BCUT2D eigenvalue weighted by atomic mass is 16.3. The van der Waals surface area contributed by atoms with Crippen LogP contribution in [0.4, 0.5) is 0 Å². The Kier molecular flexibility index (Phi) is 6.97. The van der Waals surface area contributed by atoms with E-state index in [-0.39, 0.29) is 23.2 Å². The molecule has 0 saturated heterocycles. The van der Waals surface area contributed by atoms with Crippen LogP contribution in [0.1, 0.15) is 41.0 Å². The van der Waals surface area contributed by atoms with Gasteiger partial charge in [-0.1, -0.05) is 34.6 Å². The van der Waals surface area contributed by atoms with Crippen molar-refractivity contribution in [1.29, 1.82) is 0 Å². The summed E-state index contributed by atoms with van der Waals surface area (Å²) in [6.45, 7) is 8.64. The number of rotatable bonds is 7. The molecule has 0 aromatic heterocycles. The van der Waals surface area contributed by atoms with E-state index < -0.39 is 25.4 Å². The Labute approximate surface area is 116 Å². The van der Waals surface area contributed by atoms with E-state index in [0.717, 1.165) is 0 Å². The molecule has 1 atom stereocenters. The molecule has 0 aliphatic carbocycles. The van der Waals surface area contributed by atoms with Crippen molar-refractivity contribution < 1.29 is 20.1 Å². The third-order valence-corrected chi connectivity index (χ3v) is 3.27. The Hall–Kier alpha value is -0.650. The van der Waals surface area contributed by atoms with Crippen molar-refractivity contribution in [2.24, 2.45) is 17.3 Å².